The molecule has 0 bridgehead atoms. The van der Waals surface area contributed by atoms with E-state index >= 15 is 0 Å². The fourth-order valence-electron chi connectivity index (χ4n) is 1.95. The fourth-order valence-corrected chi connectivity index (χ4v) is 2.60. The van der Waals surface area contributed by atoms with Crippen molar-refractivity contribution in [2.75, 3.05) is 6.54 Å². The van der Waals surface area contributed by atoms with Gasteiger partial charge in [0.1, 0.15) is 12.3 Å². The molecule has 2 heterocycles. The number of furan rings is 1. The van der Waals surface area contributed by atoms with Crippen LogP contribution in [0.2, 0.25) is 0 Å². The van der Waals surface area contributed by atoms with Crippen LogP contribution in [0.3, 0.4) is 0 Å². The topological polar surface area (TPSA) is 78.7 Å². The Morgan fingerprint density at radius 2 is 2.00 bits per heavy atom. The van der Waals surface area contributed by atoms with Crippen molar-refractivity contribution in [2.24, 2.45) is 4.99 Å². The lowest BCUT2D eigenvalue weighted by atomic mass is 10.1. The molecule has 0 fully saturated rings. The van der Waals surface area contributed by atoms with Crippen molar-refractivity contribution in [3.8, 4) is 0 Å². The van der Waals surface area contributed by atoms with Crippen molar-refractivity contribution in [1.29, 1.82) is 0 Å². The van der Waals surface area contributed by atoms with E-state index in [2.05, 4.69) is 20.9 Å². The van der Waals surface area contributed by atoms with Gasteiger partial charge >= 0.3 is 0 Å². The molecule has 0 spiro atoms. The predicted octanol–water partition coefficient (Wildman–Crippen LogP) is 2.49. The Morgan fingerprint density at radius 1 is 1.21 bits per heavy atom. The Morgan fingerprint density at radius 3 is 2.62 bits per heavy atom. The van der Waals surface area contributed by atoms with Gasteiger partial charge in [-0.05, 0) is 44.4 Å². The molecule has 0 aromatic carbocycles. The van der Waals surface area contributed by atoms with E-state index in [4.69, 9.17) is 4.42 Å². The molecule has 2 rings (SSSR count). The van der Waals surface area contributed by atoms with Gasteiger partial charge in [0.05, 0.1) is 19.4 Å². The minimum Gasteiger partial charge on any atom is -0.467 e. The smallest absolute Gasteiger partial charge is 0.242 e. The standard InChI is InChI=1S/C17H24N4O2S/c1-17(2,3)21-15(22)12-20-16(18-10-13-6-4-8-23-13)19-11-14-7-5-9-24-14/h4-9H,10-12H2,1-3H3,(H,21,22)(H2,18,19,20). The van der Waals surface area contributed by atoms with E-state index in [0.717, 1.165) is 5.76 Å². The van der Waals surface area contributed by atoms with Crippen LogP contribution in [0.1, 0.15) is 31.4 Å². The Labute approximate surface area is 146 Å². The Bertz CT molecular complexity index is 602. The maximum Gasteiger partial charge on any atom is 0.242 e. The molecule has 7 heteroatoms. The summed E-state index contributed by atoms with van der Waals surface area (Å²) in [6, 6.07) is 7.78. The zero-order valence-corrected chi connectivity index (χ0v) is 15.1. The van der Waals surface area contributed by atoms with Crippen LogP contribution >= 0.6 is 11.3 Å². The van der Waals surface area contributed by atoms with E-state index in [1.54, 1.807) is 17.6 Å². The van der Waals surface area contributed by atoms with Gasteiger partial charge in [-0.1, -0.05) is 6.07 Å². The summed E-state index contributed by atoms with van der Waals surface area (Å²) in [7, 11) is 0. The van der Waals surface area contributed by atoms with Gasteiger partial charge in [-0.2, -0.15) is 0 Å². The molecule has 0 radical (unpaired) electrons. The van der Waals surface area contributed by atoms with Crippen LogP contribution in [0.15, 0.2) is 45.3 Å². The third kappa shape index (κ3) is 6.87. The average Bonchev–Trinajstić information content (AvgIpc) is 3.18. The second-order valence-corrected chi connectivity index (χ2v) is 7.36. The molecule has 0 unspecified atom stereocenters. The first kappa shape index (κ1) is 18.1. The summed E-state index contributed by atoms with van der Waals surface area (Å²) in [5.74, 6) is 1.27. The number of nitrogens with one attached hydrogen (secondary N) is 3. The number of carbonyl (C=O) groups excluding carboxylic acids is 1. The molecule has 1 amide bonds. The first-order valence-electron chi connectivity index (χ1n) is 7.80. The zero-order chi connectivity index (χ0) is 17.4. The lowest BCUT2D eigenvalue weighted by molar-refractivity contribution is -0.121. The van der Waals surface area contributed by atoms with E-state index in [9.17, 15) is 4.79 Å². The molecule has 3 N–H and O–H groups in total. The second kappa shape index (κ2) is 8.54. The van der Waals surface area contributed by atoms with Crippen LogP contribution in [-0.4, -0.2) is 24.0 Å². The van der Waals surface area contributed by atoms with Gasteiger partial charge in [-0.25, -0.2) is 4.99 Å². The Hall–Kier alpha value is -2.28. The number of amides is 1. The van der Waals surface area contributed by atoms with Gasteiger partial charge in [0, 0.05) is 10.4 Å². The highest BCUT2D eigenvalue weighted by Crippen LogP contribution is 2.07. The predicted molar refractivity (Wildman–Crippen MR) is 96.9 cm³/mol. The van der Waals surface area contributed by atoms with Crippen molar-refractivity contribution in [3.63, 3.8) is 0 Å². The summed E-state index contributed by atoms with van der Waals surface area (Å²) in [4.78, 5) is 17.5. The summed E-state index contributed by atoms with van der Waals surface area (Å²) in [6.07, 6.45) is 1.63. The van der Waals surface area contributed by atoms with Gasteiger partial charge < -0.3 is 20.4 Å². The maximum absolute atomic E-state index is 11.9. The van der Waals surface area contributed by atoms with Gasteiger partial charge in [-0.3, -0.25) is 4.79 Å². The fraction of sp³-hybridized carbons (Fsp3) is 0.412. The molecule has 130 valence electrons. The van der Waals surface area contributed by atoms with Crippen molar-refractivity contribution in [1.82, 2.24) is 16.0 Å². The third-order valence-electron chi connectivity index (χ3n) is 2.92. The van der Waals surface area contributed by atoms with Crippen molar-refractivity contribution in [2.45, 2.75) is 39.4 Å². The van der Waals surface area contributed by atoms with E-state index < -0.39 is 0 Å². The molecule has 0 atom stereocenters. The summed E-state index contributed by atoms with van der Waals surface area (Å²) >= 11 is 1.67. The van der Waals surface area contributed by atoms with Crippen LogP contribution in [0, 0.1) is 0 Å². The van der Waals surface area contributed by atoms with Crippen LogP contribution in [-0.2, 0) is 17.9 Å². The lowest BCUT2D eigenvalue weighted by Gasteiger charge is -2.20. The number of thiophene rings is 1. The van der Waals surface area contributed by atoms with E-state index in [0.29, 0.717) is 19.0 Å². The molecule has 0 saturated heterocycles. The highest BCUT2D eigenvalue weighted by atomic mass is 32.1. The Balaban J connectivity index is 1.92. The van der Waals surface area contributed by atoms with Crippen molar-refractivity contribution < 1.29 is 9.21 Å². The SMILES string of the molecule is CC(C)(C)NC(=O)CN=C(NCc1ccco1)NCc1cccs1. The molecule has 0 saturated carbocycles. The number of hydrogen-bond acceptors (Lipinski definition) is 4. The molecule has 6 nitrogen and oxygen atoms in total. The molecule has 24 heavy (non-hydrogen) atoms. The summed E-state index contributed by atoms with van der Waals surface area (Å²) < 4.78 is 5.30. The minimum absolute atomic E-state index is 0.0647. The number of aliphatic imine (C=N–C) groups is 1. The molecular weight excluding hydrogens is 324 g/mol. The Kier molecular flexibility index (Phi) is 6.43. The molecule has 0 aliphatic carbocycles. The largest absolute Gasteiger partial charge is 0.467 e. The van der Waals surface area contributed by atoms with Gasteiger partial charge in [0.25, 0.3) is 0 Å². The van der Waals surface area contributed by atoms with Crippen LogP contribution < -0.4 is 16.0 Å². The molecule has 2 aromatic heterocycles. The molecule has 2 aromatic rings. The molecular formula is C17H24N4O2S. The first-order chi connectivity index (χ1) is 11.4. The second-order valence-electron chi connectivity index (χ2n) is 6.33. The van der Waals surface area contributed by atoms with Crippen molar-refractivity contribution >= 4 is 23.2 Å². The average molecular weight is 348 g/mol. The zero-order valence-electron chi connectivity index (χ0n) is 14.3. The third-order valence-corrected chi connectivity index (χ3v) is 3.79. The number of carbonyl (C=O) groups is 1. The number of hydrogen-bond donors (Lipinski definition) is 3. The van der Waals surface area contributed by atoms with E-state index in [1.807, 2.05) is 50.4 Å². The van der Waals surface area contributed by atoms with Gasteiger partial charge in [-0.15, -0.1) is 11.3 Å². The van der Waals surface area contributed by atoms with Gasteiger partial charge in [0.2, 0.25) is 5.91 Å². The summed E-state index contributed by atoms with van der Waals surface area (Å²) in [6.45, 7) is 7.06. The van der Waals surface area contributed by atoms with Crippen LogP contribution in [0.5, 0.6) is 0 Å². The van der Waals surface area contributed by atoms with Crippen LogP contribution in [0.4, 0.5) is 0 Å². The van der Waals surface area contributed by atoms with Crippen molar-refractivity contribution in [3.05, 3.63) is 46.5 Å². The molecule has 0 aliphatic heterocycles. The van der Waals surface area contributed by atoms with Crippen LogP contribution in [0.25, 0.3) is 0 Å². The lowest BCUT2D eigenvalue weighted by Crippen LogP contribution is -2.43. The number of rotatable bonds is 6. The highest BCUT2D eigenvalue weighted by molar-refractivity contribution is 7.09. The first-order valence-corrected chi connectivity index (χ1v) is 8.68. The summed E-state index contributed by atoms with van der Waals surface area (Å²) in [5.41, 5.74) is -0.265. The maximum atomic E-state index is 11.9. The minimum atomic E-state index is -0.265. The quantitative estimate of drug-likeness (QED) is 0.554. The highest BCUT2D eigenvalue weighted by Gasteiger charge is 2.13. The molecule has 0 aliphatic rings. The number of nitrogens with zero attached hydrogens (tertiary/aromatic N) is 1. The van der Waals surface area contributed by atoms with Gasteiger partial charge in [0.15, 0.2) is 5.96 Å². The normalized spacial score (nSPS) is 12.0. The number of guanidine groups is 1. The van der Waals surface area contributed by atoms with E-state index in [1.165, 1.54) is 4.88 Å². The monoisotopic (exact) mass is 348 g/mol. The van der Waals surface area contributed by atoms with E-state index in [-0.39, 0.29) is 18.0 Å². The summed E-state index contributed by atoms with van der Waals surface area (Å²) in [5, 5.41) is 11.3.